The summed E-state index contributed by atoms with van der Waals surface area (Å²) in [4.78, 5) is 16.4. The van der Waals surface area contributed by atoms with Gasteiger partial charge in [-0.05, 0) is 6.92 Å². The van der Waals surface area contributed by atoms with E-state index in [-0.39, 0.29) is 6.61 Å². The number of hydrogen-bond acceptors (Lipinski definition) is 5. The lowest BCUT2D eigenvalue weighted by Gasteiger charge is -2.27. The number of ether oxygens (including phenoxy) is 1. The molecule has 6 heteroatoms. The molecule has 2 atom stereocenters. The largest absolute Gasteiger partial charge is 0.450 e. The molecule has 0 aromatic heterocycles. The van der Waals surface area contributed by atoms with Gasteiger partial charge in [-0.25, -0.2) is 9.79 Å². The molecule has 5 nitrogen and oxygen atoms in total. The summed E-state index contributed by atoms with van der Waals surface area (Å²) < 4.78 is 4.95. The zero-order chi connectivity index (χ0) is 17.0. The number of benzene rings is 2. The highest BCUT2D eigenvalue weighted by molar-refractivity contribution is 8.15. The molecule has 0 saturated carbocycles. The Hall–Kier alpha value is -2.31. The summed E-state index contributed by atoms with van der Waals surface area (Å²) in [5.41, 5.74) is -0.0422. The predicted octanol–water partition coefficient (Wildman–Crippen LogP) is 3.10. The van der Waals surface area contributed by atoms with Crippen LogP contribution in [0, 0.1) is 0 Å². The van der Waals surface area contributed by atoms with Gasteiger partial charge in [0.15, 0.2) is 0 Å². The van der Waals surface area contributed by atoms with Crippen LogP contribution in [-0.4, -0.2) is 28.2 Å². The molecular weight excluding hydrogens is 324 g/mol. The number of rotatable bonds is 4. The maximum absolute atomic E-state index is 11.9. The Balaban J connectivity index is 1.96. The lowest BCUT2D eigenvalue weighted by molar-refractivity contribution is 0.0361. The topological polar surface area (TPSA) is 70.9 Å². The van der Waals surface area contributed by atoms with Gasteiger partial charge < -0.3 is 15.2 Å². The number of aliphatic hydroxyl groups is 1. The quantitative estimate of drug-likeness (QED) is 0.896. The average molecular weight is 342 g/mol. The molecule has 1 heterocycles. The van der Waals surface area contributed by atoms with Crippen LogP contribution in [0.2, 0.25) is 0 Å². The molecular formula is C18H18N2O3S. The van der Waals surface area contributed by atoms with Crippen molar-refractivity contribution in [1.29, 1.82) is 0 Å². The second kappa shape index (κ2) is 7.07. The Labute approximate surface area is 144 Å². The van der Waals surface area contributed by atoms with Gasteiger partial charge in [0.05, 0.1) is 6.61 Å². The van der Waals surface area contributed by atoms with E-state index in [1.165, 1.54) is 11.8 Å². The minimum atomic E-state index is -1.55. The van der Waals surface area contributed by atoms with Crippen LogP contribution >= 0.6 is 11.8 Å². The van der Waals surface area contributed by atoms with E-state index in [0.29, 0.717) is 10.6 Å². The number of carbonyl (C=O) groups is 1. The summed E-state index contributed by atoms with van der Waals surface area (Å²) in [5.74, 6) is 0. The van der Waals surface area contributed by atoms with Crippen LogP contribution in [0.4, 0.5) is 4.79 Å². The van der Waals surface area contributed by atoms with Gasteiger partial charge in [-0.15, -0.1) is 0 Å². The Bertz CT molecular complexity index is 736. The third kappa shape index (κ3) is 3.29. The first-order valence-corrected chi connectivity index (χ1v) is 8.54. The Morgan fingerprint density at radius 2 is 1.83 bits per heavy atom. The standard InChI is InChI=1S/C18H18N2O3S/c1-2-23-17(21)19-16-18(22,14-11-7-4-8-12-14)20-15(24-16)13-9-5-3-6-10-13/h3-12,16,22H,2H2,1H3,(H,19,21)/t16-,18+/m1/s1. The van der Waals surface area contributed by atoms with Crippen LogP contribution in [-0.2, 0) is 10.5 Å². The first-order valence-electron chi connectivity index (χ1n) is 7.66. The van der Waals surface area contributed by atoms with E-state index in [1.807, 2.05) is 48.5 Å². The van der Waals surface area contributed by atoms with Gasteiger partial charge in [0.1, 0.15) is 10.4 Å². The highest BCUT2D eigenvalue weighted by atomic mass is 32.2. The maximum Gasteiger partial charge on any atom is 0.408 e. The first-order chi connectivity index (χ1) is 11.6. The van der Waals surface area contributed by atoms with Gasteiger partial charge in [0.25, 0.3) is 0 Å². The van der Waals surface area contributed by atoms with Crippen molar-refractivity contribution in [3.63, 3.8) is 0 Å². The molecule has 0 radical (unpaired) electrons. The zero-order valence-electron chi connectivity index (χ0n) is 13.2. The van der Waals surface area contributed by atoms with E-state index in [9.17, 15) is 9.90 Å². The number of nitrogens with zero attached hydrogens (tertiary/aromatic N) is 1. The van der Waals surface area contributed by atoms with Crippen molar-refractivity contribution in [3.05, 3.63) is 71.8 Å². The van der Waals surface area contributed by atoms with Gasteiger partial charge in [-0.2, -0.15) is 0 Å². The fourth-order valence-electron chi connectivity index (χ4n) is 2.46. The SMILES string of the molecule is CCOC(=O)N[C@@H]1SC(c2ccccc2)=N[C@]1(O)c1ccccc1. The van der Waals surface area contributed by atoms with E-state index in [2.05, 4.69) is 10.3 Å². The van der Waals surface area contributed by atoms with Gasteiger partial charge in [0, 0.05) is 11.1 Å². The van der Waals surface area contributed by atoms with E-state index in [0.717, 1.165) is 5.56 Å². The summed E-state index contributed by atoms with van der Waals surface area (Å²) in [6.45, 7) is 2.00. The molecule has 2 aromatic rings. The molecule has 3 rings (SSSR count). The Kier molecular flexibility index (Phi) is 4.87. The average Bonchev–Trinajstić information content (AvgIpc) is 2.95. The summed E-state index contributed by atoms with van der Waals surface area (Å²) in [6, 6.07) is 18.7. The number of hydrogen-bond donors (Lipinski definition) is 2. The number of thioether (sulfide) groups is 1. The third-order valence-electron chi connectivity index (χ3n) is 3.61. The van der Waals surface area contributed by atoms with Crippen molar-refractivity contribution in [2.24, 2.45) is 4.99 Å². The van der Waals surface area contributed by atoms with Crippen LogP contribution in [0.15, 0.2) is 65.7 Å². The van der Waals surface area contributed by atoms with E-state index < -0.39 is 17.2 Å². The van der Waals surface area contributed by atoms with E-state index >= 15 is 0 Å². The molecule has 0 bridgehead atoms. The van der Waals surface area contributed by atoms with E-state index in [4.69, 9.17) is 4.74 Å². The molecule has 1 aliphatic heterocycles. The molecule has 1 aliphatic rings. The van der Waals surface area contributed by atoms with Crippen LogP contribution in [0.25, 0.3) is 0 Å². The number of alkyl carbamates (subject to hydrolysis) is 1. The number of aliphatic imine (C=N–C) groups is 1. The van der Waals surface area contributed by atoms with Crippen molar-refractivity contribution in [2.75, 3.05) is 6.61 Å². The van der Waals surface area contributed by atoms with E-state index in [1.54, 1.807) is 19.1 Å². The molecule has 0 aliphatic carbocycles. The molecule has 1 amide bonds. The highest BCUT2D eigenvalue weighted by Crippen LogP contribution is 2.41. The van der Waals surface area contributed by atoms with Gasteiger partial charge in [0.2, 0.25) is 5.72 Å². The minimum absolute atomic E-state index is 0.263. The lowest BCUT2D eigenvalue weighted by Crippen LogP contribution is -2.45. The summed E-state index contributed by atoms with van der Waals surface area (Å²) in [7, 11) is 0. The van der Waals surface area contributed by atoms with Crippen LogP contribution in [0.1, 0.15) is 18.1 Å². The number of amides is 1. The Morgan fingerprint density at radius 1 is 1.21 bits per heavy atom. The molecule has 124 valence electrons. The van der Waals surface area contributed by atoms with Crippen molar-refractivity contribution in [3.8, 4) is 0 Å². The second-order valence-electron chi connectivity index (χ2n) is 5.24. The lowest BCUT2D eigenvalue weighted by atomic mass is 10.0. The first kappa shape index (κ1) is 16.5. The number of carbonyl (C=O) groups excluding carboxylic acids is 1. The fraction of sp³-hybridized carbons (Fsp3) is 0.222. The highest BCUT2D eigenvalue weighted by Gasteiger charge is 2.46. The maximum atomic E-state index is 11.9. The van der Waals surface area contributed by atoms with Crippen molar-refractivity contribution < 1.29 is 14.6 Å². The zero-order valence-corrected chi connectivity index (χ0v) is 14.0. The third-order valence-corrected chi connectivity index (χ3v) is 4.84. The normalized spacial score (nSPS) is 22.8. The van der Waals surface area contributed by atoms with Crippen molar-refractivity contribution in [2.45, 2.75) is 18.0 Å². The summed E-state index contributed by atoms with van der Waals surface area (Å²) in [5, 5.41) is 13.9. The van der Waals surface area contributed by atoms with Crippen LogP contribution < -0.4 is 5.32 Å². The molecule has 0 unspecified atom stereocenters. The van der Waals surface area contributed by atoms with Gasteiger partial charge in [-0.1, -0.05) is 72.4 Å². The second-order valence-corrected chi connectivity index (χ2v) is 6.33. The predicted molar refractivity (Wildman–Crippen MR) is 94.9 cm³/mol. The van der Waals surface area contributed by atoms with Crippen molar-refractivity contribution in [1.82, 2.24) is 5.32 Å². The van der Waals surface area contributed by atoms with Crippen LogP contribution in [0.3, 0.4) is 0 Å². The van der Waals surface area contributed by atoms with Gasteiger partial charge >= 0.3 is 6.09 Å². The summed E-state index contributed by atoms with van der Waals surface area (Å²) in [6.07, 6.45) is -0.575. The molecule has 2 N–H and O–H groups in total. The van der Waals surface area contributed by atoms with Crippen molar-refractivity contribution >= 4 is 22.9 Å². The molecule has 2 aromatic carbocycles. The monoisotopic (exact) mass is 342 g/mol. The minimum Gasteiger partial charge on any atom is -0.450 e. The Morgan fingerprint density at radius 3 is 2.46 bits per heavy atom. The van der Waals surface area contributed by atoms with Crippen LogP contribution in [0.5, 0.6) is 0 Å². The molecule has 0 fully saturated rings. The molecule has 0 spiro atoms. The smallest absolute Gasteiger partial charge is 0.408 e. The fourth-order valence-corrected chi connectivity index (χ4v) is 3.65. The molecule has 24 heavy (non-hydrogen) atoms. The molecule has 0 saturated heterocycles. The van der Waals surface area contributed by atoms with Gasteiger partial charge in [-0.3, -0.25) is 0 Å². The number of nitrogens with one attached hydrogen (secondary N) is 1. The summed E-state index contributed by atoms with van der Waals surface area (Å²) >= 11 is 1.31.